The molecule has 5 heteroatoms. The van der Waals surface area contributed by atoms with Crippen LogP contribution in [0.2, 0.25) is 0 Å². The van der Waals surface area contributed by atoms with Gasteiger partial charge in [-0.2, -0.15) is 0 Å². The van der Waals surface area contributed by atoms with Crippen LogP contribution < -0.4 is 0 Å². The first kappa shape index (κ1) is 12.8. The Morgan fingerprint density at radius 3 is 2.86 bits per heavy atom. The molecule has 0 saturated carbocycles. The molecule has 0 aliphatic carbocycles. The summed E-state index contributed by atoms with van der Waals surface area (Å²) in [5.74, 6) is -0.247. The summed E-state index contributed by atoms with van der Waals surface area (Å²) in [6, 6.07) is 13.1. The molecule has 4 aromatic rings. The largest absolute Gasteiger partial charge is 0.361 e. The molecule has 108 valence electrons. The van der Waals surface area contributed by atoms with Gasteiger partial charge in [0.2, 0.25) is 0 Å². The molecule has 4 nitrogen and oxygen atoms in total. The summed E-state index contributed by atoms with van der Waals surface area (Å²) in [6.45, 7) is 1.73. The molecule has 2 aromatic carbocycles. The van der Waals surface area contributed by atoms with E-state index in [-0.39, 0.29) is 5.82 Å². The second-order valence-electron chi connectivity index (χ2n) is 5.26. The van der Waals surface area contributed by atoms with Crippen LogP contribution >= 0.6 is 0 Å². The first-order valence-electron chi connectivity index (χ1n) is 6.97. The average molecular weight is 292 g/mol. The highest BCUT2D eigenvalue weighted by Gasteiger charge is 2.08. The predicted molar refractivity (Wildman–Crippen MR) is 83.3 cm³/mol. The van der Waals surface area contributed by atoms with Crippen molar-refractivity contribution in [1.29, 1.82) is 0 Å². The summed E-state index contributed by atoms with van der Waals surface area (Å²) in [4.78, 5) is 3.16. The van der Waals surface area contributed by atoms with Crippen LogP contribution in [-0.4, -0.2) is 20.0 Å². The van der Waals surface area contributed by atoms with Gasteiger partial charge in [0.1, 0.15) is 11.5 Å². The van der Waals surface area contributed by atoms with E-state index in [0.29, 0.717) is 11.3 Å². The van der Waals surface area contributed by atoms with Crippen LogP contribution in [0.5, 0.6) is 0 Å². The fraction of sp³-hybridized carbons (Fsp3) is 0.0588. The molecule has 0 fully saturated rings. The number of aromatic nitrogens is 4. The lowest BCUT2D eigenvalue weighted by molar-refractivity contribution is 0.615. The number of fused-ring (bicyclic) bond motifs is 1. The molecule has 2 aromatic heterocycles. The van der Waals surface area contributed by atoms with E-state index in [0.717, 1.165) is 22.2 Å². The highest BCUT2D eigenvalue weighted by molar-refractivity contribution is 5.84. The number of benzene rings is 2. The Hall–Kier alpha value is -2.95. The predicted octanol–water partition coefficient (Wildman–Crippen LogP) is 3.86. The summed E-state index contributed by atoms with van der Waals surface area (Å²) in [7, 11) is 0. The van der Waals surface area contributed by atoms with E-state index in [1.165, 1.54) is 6.07 Å². The van der Waals surface area contributed by atoms with Gasteiger partial charge >= 0.3 is 0 Å². The molecular weight excluding hydrogens is 279 g/mol. The van der Waals surface area contributed by atoms with Crippen LogP contribution in [0.3, 0.4) is 0 Å². The molecule has 0 amide bonds. The molecule has 0 atom stereocenters. The zero-order chi connectivity index (χ0) is 15.1. The summed E-state index contributed by atoms with van der Waals surface area (Å²) < 4.78 is 15.3. The number of aryl methyl sites for hydroxylation is 1. The molecule has 4 rings (SSSR count). The van der Waals surface area contributed by atoms with Gasteiger partial charge in [0.05, 0.1) is 11.9 Å². The molecule has 0 aliphatic rings. The number of aromatic amines is 1. The lowest BCUT2D eigenvalue weighted by atomic mass is 10.1. The monoisotopic (exact) mass is 292 g/mol. The van der Waals surface area contributed by atoms with E-state index in [2.05, 4.69) is 21.4 Å². The zero-order valence-electron chi connectivity index (χ0n) is 11.9. The van der Waals surface area contributed by atoms with Crippen molar-refractivity contribution in [2.45, 2.75) is 6.92 Å². The van der Waals surface area contributed by atoms with Crippen molar-refractivity contribution >= 4 is 10.9 Å². The molecule has 0 spiro atoms. The van der Waals surface area contributed by atoms with Gasteiger partial charge < -0.3 is 4.98 Å². The first-order chi connectivity index (χ1) is 10.7. The minimum absolute atomic E-state index is 0.247. The van der Waals surface area contributed by atoms with Crippen molar-refractivity contribution in [2.24, 2.45) is 0 Å². The van der Waals surface area contributed by atoms with E-state index in [4.69, 9.17) is 0 Å². The maximum Gasteiger partial charge on any atom is 0.128 e. The Morgan fingerprint density at radius 1 is 1.09 bits per heavy atom. The number of hydrogen-bond donors (Lipinski definition) is 1. The van der Waals surface area contributed by atoms with Crippen LogP contribution in [0.15, 0.2) is 54.9 Å². The molecule has 0 aliphatic heterocycles. The van der Waals surface area contributed by atoms with Crippen LogP contribution in [0.4, 0.5) is 4.39 Å². The summed E-state index contributed by atoms with van der Waals surface area (Å²) in [5.41, 5.74) is 4.08. The SMILES string of the molecule is Cc1ccc(-n2cc(-c3ccc4[nH]ccc4c3)nn2)cc1F. The number of halogens is 1. The van der Waals surface area contributed by atoms with E-state index in [9.17, 15) is 4.39 Å². The summed E-state index contributed by atoms with van der Waals surface area (Å²) in [6.07, 6.45) is 3.71. The second-order valence-corrected chi connectivity index (χ2v) is 5.26. The first-order valence-corrected chi connectivity index (χ1v) is 6.97. The van der Waals surface area contributed by atoms with Gasteiger partial charge in [-0.15, -0.1) is 5.10 Å². The van der Waals surface area contributed by atoms with Gasteiger partial charge in [-0.3, -0.25) is 0 Å². The maximum absolute atomic E-state index is 13.7. The standard InChI is InChI=1S/C17H13FN4/c1-11-2-4-14(9-15(11)18)22-10-17(20-21-22)12-3-5-16-13(8-12)6-7-19-16/h2-10,19H,1H3. The fourth-order valence-corrected chi connectivity index (χ4v) is 2.46. The minimum atomic E-state index is -0.247. The minimum Gasteiger partial charge on any atom is -0.361 e. The topological polar surface area (TPSA) is 46.5 Å². The Morgan fingerprint density at radius 2 is 2.00 bits per heavy atom. The van der Waals surface area contributed by atoms with Crippen molar-refractivity contribution in [3.8, 4) is 16.9 Å². The Labute approximate surface area is 126 Å². The van der Waals surface area contributed by atoms with Crippen molar-refractivity contribution in [1.82, 2.24) is 20.0 Å². The number of hydrogen-bond acceptors (Lipinski definition) is 2. The third kappa shape index (κ3) is 2.07. The Bertz CT molecular complexity index is 968. The summed E-state index contributed by atoms with van der Waals surface area (Å²) in [5, 5.41) is 9.40. The van der Waals surface area contributed by atoms with E-state index < -0.39 is 0 Å². The fourth-order valence-electron chi connectivity index (χ4n) is 2.46. The van der Waals surface area contributed by atoms with Crippen LogP contribution in [0.1, 0.15) is 5.56 Å². The third-order valence-electron chi connectivity index (χ3n) is 3.76. The van der Waals surface area contributed by atoms with Gasteiger partial charge in [0, 0.05) is 22.7 Å². The molecule has 1 N–H and O–H groups in total. The van der Waals surface area contributed by atoms with Gasteiger partial charge in [-0.05, 0) is 42.8 Å². The molecular formula is C17H13FN4. The van der Waals surface area contributed by atoms with E-state index in [1.54, 1.807) is 23.9 Å². The Balaban J connectivity index is 1.75. The summed E-state index contributed by atoms with van der Waals surface area (Å²) >= 11 is 0. The van der Waals surface area contributed by atoms with Crippen LogP contribution in [0, 0.1) is 12.7 Å². The normalized spacial score (nSPS) is 11.2. The van der Waals surface area contributed by atoms with Gasteiger partial charge in [0.25, 0.3) is 0 Å². The highest BCUT2D eigenvalue weighted by Crippen LogP contribution is 2.23. The molecule has 0 bridgehead atoms. The zero-order valence-corrected chi connectivity index (χ0v) is 11.9. The molecule has 0 radical (unpaired) electrons. The van der Waals surface area contributed by atoms with Gasteiger partial charge in [0.15, 0.2) is 0 Å². The number of nitrogens with zero attached hydrogens (tertiary/aromatic N) is 3. The average Bonchev–Trinajstić information content (AvgIpc) is 3.17. The smallest absolute Gasteiger partial charge is 0.128 e. The lowest BCUT2D eigenvalue weighted by Gasteiger charge is -2.01. The van der Waals surface area contributed by atoms with Crippen molar-refractivity contribution < 1.29 is 4.39 Å². The highest BCUT2D eigenvalue weighted by atomic mass is 19.1. The van der Waals surface area contributed by atoms with Gasteiger partial charge in [-0.25, -0.2) is 9.07 Å². The van der Waals surface area contributed by atoms with Crippen molar-refractivity contribution in [3.63, 3.8) is 0 Å². The van der Waals surface area contributed by atoms with Crippen LogP contribution in [-0.2, 0) is 0 Å². The number of H-pyrrole nitrogens is 1. The number of rotatable bonds is 2. The Kier molecular flexibility index (Phi) is 2.79. The lowest BCUT2D eigenvalue weighted by Crippen LogP contribution is -1.96. The molecule has 2 heterocycles. The molecule has 22 heavy (non-hydrogen) atoms. The maximum atomic E-state index is 13.7. The van der Waals surface area contributed by atoms with Gasteiger partial charge in [-0.1, -0.05) is 17.3 Å². The van der Waals surface area contributed by atoms with Crippen molar-refractivity contribution in [3.05, 3.63) is 66.2 Å². The van der Waals surface area contributed by atoms with E-state index >= 15 is 0 Å². The van der Waals surface area contributed by atoms with Crippen LogP contribution in [0.25, 0.3) is 27.8 Å². The second kappa shape index (κ2) is 4.80. The quantitative estimate of drug-likeness (QED) is 0.609. The molecule has 0 unspecified atom stereocenters. The van der Waals surface area contributed by atoms with E-state index in [1.807, 2.05) is 30.5 Å². The third-order valence-corrected chi connectivity index (χ3v) is 3.76. The molecule has 0 saturated heterocycles. The van der Waals surface area contributed by atoms with Crippen molar-refractivity contribution in [2.75, 3.05) is 0 Å². The number of nitrogens with one attached hydrogen (secondary N) is 1.